The second kappa shape index (κ2) is 6.93. The Labute approximate surface area is 190 Å². The molecule has 1 atom stereocenters. The van der Waals surface area contributed by atoms with Crippen molar-refractivity contribution in [1.82, 2.24) is 9.47 Å². The minimum Gasteiger partial charge on any atom is -0.497 e. The maximum Gasteiger partial charge on any atom is 0.351 e. The Morgan fingerprint density at radius 3 is 2.06 bits per heavy atom. The summed E-state index contributed by atoms with van der Waals surface area (Å²) in [5.74, 6) is -2.01. The highest BCUT2D eigenvalue weighted by atomic mass is 79.9. The lowest BCUT2D eigenvalue weighted by atomic mass is 10.1. The maximum atomic E-state index is 13.3. The van der Waals surface area contributed by atoms with E-state index in [0.29, 0.717) is 16.8 Å². The molecule has 160 valence electrons. The number of carbonyl (C=O) groups is 3. The Morgan fingerprint density at radius 1 is 0.938 bits per heavy atom. The lowest BCUT2D eigenvalue weighted by molar-refractivity contribution is -0.152. The number of benzene rings is 3. The molecule has 2 amide bonds. The van der Waals surface area contributed by atoms with E-state index < -0.39 is 23.4 Å². The van der Waals surface area contributed by atoms with Crippen LogP contribution in [-0.2, 0) is 10.5 Å². The van der Waals surface area contributed by atoms with E-state index in [0.717, 1.165) is 20.1 Å². The summed E-state index contributed by atoms with van der Waals surface area (Å²) in [7, 11) is 1.55. The SMILES string of the molecule is COc1ccc2c(c1)c1cc(Br)ccc1n2C(C)(C(=O)O)N1C(=O)c2ccccc2C1=O. The first-order valence-electron chi connectivity index (χ1n) is 9.78. The second-order valence-electron chi connectivity index (χ2n) is 7.70. The van der Waals surface area contributed by atoms with Crippen LogP contribution in [0.3, 0.4) is 0 Å². The van der Waals surface area contributed by atoms with Gasteiger partial charge in [0.05, 0.1) is 29.3 Å². The zero-order valence-electron chi connectivity index (χ0n) is 17.1. The minimum atomic E-state index is -2.02. The van der Waals surface area contributed by atoms with Crippen molar-refractivity contribution in [2.75, 3.05) is 7.11 Å². The van der Waals surface area contributed by atoms with Crippen molar-refractivity contribution in [1.29, 1.82) is 0 Å². The molecule has 1 aliphatic rings. The minimum absolute atomic E-state index is 0.190. The van der Waals surface area contributed by atoms with E-state index in [1.165, 1.54) is 23.6 Å². The third-order valence-electron chi connectivity index (χ3n) is 6.00. The lowest BCUT2D eigenvalue weighted by Gasteiger charge is -2.36. The standard InChI is InChI=1S/C24H17BrN2O5/c1-24(23(30)31,27-21(28)15-5-3-4-6-16(15)22(27)29)26-19-9-7-13(25)11-17(19)18-12-14(32-2)8-10-20(18)26/h3-12H,1-2H3,(H,30,31). The smallest absolute Gasteiger partial charge is 0.351 e. The predicted octanol–water partition coefficient (Wildman–Crippen LogP) is 4.62. The number of nitrogens with zero attached hydrogens (tertiary/aromatic N) is 2. The van der Waals surface area contributed by atoms with E-state index in [4.69, 9.17) is 4.74 Å². The fourth-order valence-electron chi connectivity index (χ4n) is 4.45. The third kappa shape index (κ3) is 2.56. The van der Waals surface area contributed by atoms with Crippen molar-refractivity contribution in [3.8, 4) is 5.75 Å². The summed E-state index contributed by atoms with van der Waals surface area (Å²) in [5.41, 5.74) is -0.515. The van der Waals surface area contributed by atoms with Crippen LogP contribution in [0.15, 0.2) is 65.1 Å². The topological polar surface area (TPSA) is 88.8 Å². The number of ether oxygens (including phenoxy) is 1. The molecule has 0 saturated heterocycles. The van der Waals surface area contributed by atoms with Crippen molar-refractivity contribution in [2.24, 2.45) is 0 Å². The van der Waals surface area contributed by atoms with Gasteiger partial charge in [0.15, 0.2) is 0 Å². The molecule has 1 aromatic heterocycles. The number of rotatable bonds is 4. The van der Waals surface area contributed by atoms with Gasteiger partial charge in [0.2, 0.25) is 5.66 Å². The zero-order valence-corrected chi connectivity index (χ0v) is 18.7. The summed E-state index contributed by atoms with van der Waals surface area (Å²) in [6.45, 7) is 1.38. The van der Waals surface area contributed by atoms with E-state index in [1.807, 2.05) is 12.1 Å². The van der Waals surface area contributed by atoms with Gasteiger partial charge in [-0.05, 0) is 55.5 Å². The normalized spacial score (nSPS) is 15.3. The Bertz CT molecular complexity index is 1440. The van der Waals surface area contributed by atoms with E-state index in [1.54, 1.807) is 43.5 Å². The van der Waals surface area contributed by atoms with Gasteiger partial charge >= 0.3 is 5.97 Å². The molecule has 7 nitrogen and oxygen atoms in total. The van der Waals surface area contributed by atoms with Gasteiger partial charge in [0.1, 0.15) is 5.75 Å². The number of imide groups is 1. The molecule has 4 aromatic rings. The van der Waals surface area contributed by atoms with E-state index in [9.17, 15) is 19.5 Å². The Morgan fingerprint density at radius 2 is 1.50 bits per heavy atom. The Balaban J connectivity index is 1.87. The first kappa shape index (κ1) is 20.3. The number of carbonyl (C=O) groups excluding carboxylic acids is 2. The Kier molecular flexibility index (Phi) is 4.39. The number of fused-ring (bicyclic) bond motifs is 4. The fourth-order valence-corrected chi connectivity index (χ4v) is 4.81. The highest BCUT2D eigenvalue weighted by molar-refractivity contribution is 9.10. The van der Waals surface area contributed by atoms with Gasteiger partial charge in [-0.3, -0.25) is 9.59 Å². The molecule has 0 saturated carbocycles. The van der Waals surface area contributed by atoms with Crippen LogP contribution >= 0.6 is 15.9 Å². The van der Waals surface area contributed by atoms with Crippen molar-refractivity contribution in [3.63, 3.8) is 0 Å². The Hall–Kier alpha value is -3.65. The molecule has 0 aliphatic carbocycles. The van der Waals surface area contributed by atoms with Crippen LogP contribution in [0.2, 0.25) is 0 Å². The van der Waals surface area contributed by atoms with Crippen molar-refractivity contribution < 1.29 is 24.2 Å². The summed E-state index contributed by atoms with van der Waals surface area (Å²) in [4.78, 5) is 40.2. The van der Waals surface area contributed by atoms with Gasteiger partial charge in [0.25, 0.3) is 11.8 Å². The molecule has 32 heavy (non-hydrogen) atoms. The molecule has 1 aliphatic heterocycles. The van der Waals surface area contributed by atoms with Gasteiger partial charge in [-0.2, -0.15) is 0 Å². The number of amides is 2. The van der Waals surface area contributed by atoms with E-state index in [2.05, 4.69) is 15.9 Å². The molecule has 8 heteroatoms. The summed E-state index contributed by atoms with van der Waals surface area (Å²) >= 11 is 3.47. The average molecular weight is 493 g/mol. The van der Waals surface area contributed by atoms with Gasteiger partial charge < -0.3 is 14.4 Å². The summed E-state index contributed by atoms with van der Waals surface area (Å²) < 4.78 is 7.71. The molecule has 2 heterocycles. The van der Waals surface area contributed by atoms with Crippen molar-refractivity contribution >= 4 is 55.5 Å². The predicted molar refractivity (Wildman–Crippen MR) is 122 cm³/mol. The van der Waals surface area contributed by atoms with Gasteiger partial charge in [-0.1, -0.05) is 28.1 Å². The highest BCUT2D eigenvalue weighted by Crippen LogP contribution is 2.41. The molecular formula is C24H17BrN2O5. The largest absolute Gasteiger partial charge is 0.497 e. The van der Waals surface area contributed by atoms with Crippen LogP contribution in [0.5, 0.6) is 5.75 Å². The third-order valence-corrected chi connectivity index (χ3v) is 6.50. The lowest BCUT2D eigenvalue weighted by Crippen LogP contribution is -2.56. The van der Waals surface area contributed by atoms with E-state index >= 15 is 0 Å². The van der Waals surface area contributed by atoms with Crippen LogP contribution in [0.25, 0.3) is 21.8 Å². The number of hydrogen-bond donors (Lipinski definition) is 1. The number of aliphatic carboxylic acids is 1. The number of methoxy groups -OCH3 is 1. The van der Waals surface area contributed by atoms with Crippen LogP contribution in [0, 0.1) is 0 Å². The number of aromatic nitrogens is 1. The summed E-state index contributed by atoms with van der Waals surface area (Å²) in [5, 5.41) is 12.0. The van der Waals surface area contributed by atoms with Crippen LogP contribution in [-0.4, -0.2) is 39.5 Å². The molecule has 0 fully saturated rings. The highest BCUT2D eigenvalue weighted by Gasteiger charge is 2.53. The summed E-state index contributed by atoms with van der Waals surface area (Å²) in [6, 6.07) is 17.1. The number of carboxylic acid groups (broad SMARTS) is 1. The molecule has 0 radical (unpaired) electrons. The second-order valence-corrected chi connectivity index (χ2v) is 8.61. The van der Waals surface area contributed by atoms with Crippen LogP contribution in [0.1, 0.15) is 27.6 Å². The number of halogens is 1. The molecule has 0 bridgehead atoms. The first-order chi connectivity index (χ1) is 15.3. The van der Waals surface area contributed by atoms with Gasteiger partial charge in [-0.25, -0.2) is 9.69 Å². The molecule has 5 rings (SSSR count). The van der Waals surface area contributed by atoms with Crippen LogP contribution < -0.4 is 4.74 Å². The molecule has 1 N–H and O–H groups in total. The maximum absolute atomic E-state index is 13.3. The van der Waals surface area contributed by atoms with Crippen molar-refractivity contribution in [2.45, 2.75) is 12.6 Å². The van der Waals surface area contributed by atoms with Gasteiger partial charge in [0, 0.05) is 15.2 Å². The fraction of sp³-hybridized carbons (Fsp3) is 0.125. The molecule has 1 unspecified atom stereocenters. The van der Waals surface area contributed by atoms with E-state index in [-0.39, 0.29) is 11.1 Å². The molecule has 0 spiro atoms. The van der Waals surface area contributed by atoms with Crippen LogP contribution in [0.4, 0.5) is 0 Å². The number of carboxylic acids is 1. The number of hydrogen-bond acceptors (Lipinski definition) is 4. The molecule has 3 aromatic carbocycles. The monoisotopic (exact) mass is 492 g/mol. The first-order valence-corrected chi connectivity index (χ1v) is 10.6. The van der Waals surface area contributed by atoms with Gasteiger partial charge in [-0.15, -0.1) is 0 Å². The summed E-state index contributed by atoms with van der Waals surface area (Å²) in [6.07, 6.45) is 0. The van der Waals surface area contributed by atoms with Crippen molar-refractivity contribution in [3.05, 3.63) is 76.3 Å². The molecular weight excluding hydrogens is 476 g/mol. The zero-order chi connectivity index (χ0) is 22.8. The average Bonchev–Trinajstić information content (AvgIpc) is 3.24. The quantitative estimate of drug-likeness (QED) is 0.420.